The number of benzene rings is 1. The van der Waals surface area contributed by atoms with Crippen molar-refractivity contribution in [3.8, 4) is 11.1 Å². The van der Waals surface area contributed by atoms with E-state index in [1.807, 2.05) is 22.8 Å². The van der Waals surface area contributed by atoms with Gasteiger partial charge in [-0.25, -0.2) is 0 Å². The fraction of sp³-hybridized carbons (Fsp3) is 0.480. The van der Waals surface area contributed by atoms with Crippen LogP contribution in [-0.4, -0.2) is 56.7 Å². The van der Waals surface area contributed by atoms with E-state index in [2.05, 4.69) is 46.0 Å². The van der Waals surface area contributed by atoms with Crippen LogP contribution in [0.25, 0.3) is 11.1 Å². The van der Waals surface area contributed by atoms with Crippen LogP contribution in [0.4, 0.5) is 11.5 Å². The molecule has 0 unspecified atom stereocenters. The molecule has 0 aliphatic carbocycles. The van der Waals surface area contributed by atoms with E-state index in [1.165, 1.54) is 28.1 Å². The van der Waals surface area contributed by atoms with Crippen molar-refractivity contribution in [2.75, 3.05) is 31.2 Å². The van der Waals surface area contributed by atoms with Crippen LogP contribution in [0.2, 0.25) is 0 Å². The molecule has 8 heteroatoms. The first-order chi connectivity index (χ1) is 16.0. The molecule has 1 aromatic carbocycles. The fourth-order valence-corrected chi connectivity index (χ4v) is 5.42. The maximum Gasteiger partial charge on any atom is 0.219 e. The van der Waals surface area contributed by atoms with E-state index in [4.69, 9.17) is 9.84 Å². The average Bonchev–Trinajstić information content (AvgIpc) is 3.47. The lowest BCUT2D eigenvalue weighted by Crippen LogP contribution is -2.37. The number of amides is 1. The smallest absolute Gasteiger partial charge is 0.219 e. The van der Waals surface area contributed by atoms with Gasteiger partial charge in [-0.15, -0.1) is 0 Å². The van der Waals surface area contributed by atoms with Gasteiger partial charge < -0.3 is 14.5 Å². The molecule has 1 atom stereocenters. The Morgan fingerprint density at radius 2 is 2.09 bits per heavy atom. The van der Waals surface area contributed by atoms with Crippen LogP contribution in [0.5, 0.6) is 0 Å². The van der Waals surface area contributed by atoms with Gasteiger partial charge in [0.15, 0.2) is 5.82 Å². The van der Waals surface area contributed by atoms with Crippen LogP contribution in [0.3, 0.4) is 0 Å². The predicted molar refractivity (Wildman–Crippen MR) is 126 cm³/mol. The Morgan fingerprint density at radius 1 is 1.24 bits per heavy atom. The molecule has 0 saturated carbocycles. The minimum absolute atomic E-state index is 0.126. The molecule has 0 N–H and O–H groups in total. The van der Waals surface area contributed by atoms with E-state index in [9.17, 15) is 4.79 Å². The van der Waals surface area contributed by atoms with Gasteiger partial charge in [0.2, 0.25) is 5.91 Å². The number of carbonyl (C=O) groups excluding carboxylic acids is 1. The summed E-state index contributed by atoms with van der Waals surface area (Å²) in [4.78, 5) is 16.5. The number of aryl methyl sites for hydroxylation is 1. The highest BCUT2D eigenvalue weighted by Gasteiger charge is 2.37. The number of nitrogens with zero attached hydrogens (tertiary/aromatic N) is 6. The Kier molecular flexibility index (Phi) is 4.79. The van der Waals surface area contributed by atoms with Crippen LogP contribution in [-0.2, 0) is 29.5 Å². The monoisotopic (exact) mass is 446 g/mol. The van der Waals surface area contributed by atoms with E-state index in [1.54, 1.807) is 6.92 Å². The van der Waals surface area contributed by atoms with Crippen LogP contribution in [0, 0.1) is 0 Å². The Hall–Kier alpha value is -3.13. The van der Waals surface area contributed by atoms with Gasteiger partial charge in [0.05, 0.1) is 32.0 Å². The molecule has 1 amide bonds. The number of hydrogen-bond acceptors (Lipinski definition) is 5. The van der Waals surface area contributed by atoms with Crippen molar-refractivity contribution in [1.82, 2.24) is 24.5 Å². The molecule has 0 bridgehead atoms. The molecule has 172 valence electrons. The second kappa shape index (κ2) is 7.73. The molecule has 6 rings (SSSR count). The zero-order valence-electron chi connectivity index (χ0n) is 19.5. The van der Waals surface area contributed by atoms with Crippen molar-refractivity contribution in [2.24, 2.45) is 7.05 Å². The maximum atomic E-state index is 12.2. The lowest BCUT2D eigenvalue weighted by molar-refractivity contribution is -0.129. The third kappa shape index (κ3) is 3.27. The van der Waals surface area contributed by atoms with E-state index in [0.717, 1.165) is 37.3 Å². The molecule has 3 aliphatic heterocycles. The van der Waals surface area contributed by atoms with E-state index >= 15 is 0 Å². The van der Waals surface area contributed by atoms with Gasteiger partial charge in [-0.1, -0.05) is 13.0 Å². The van der Waals surface area contributed by atoms with Crippen molar-refractivity contribution in [3.63, 3.8) is 0 Å². The van der Waals surface area contributed by atoms with Gasteiger partial charge in [0, 0.05) is 68.1 Å². The number of anilines is 2. The summed E-state index contributed by atoms with van der Waals surface area (Å²) in [6.45, 7) is 7.64. The Balaban J connectivity index is 1.43. The third-order valence-electron chi connectivity index (χ3n) is 7.42. The maximum absolute atomic E-state index is 12.2. The fourth-order valence-electron chi connectivity index (χ4n) is 5.42. The number of carbonyl (C=O) groups is 1. The number of rotatable bonds is 4. The predicted octanol–water partition coefficient (Wildman–Crippen LogP) is 3.40. The molecule has 3 aromatic rings. The van der Waals surface area contributed by atoms with Crippen LogP contribution in [0.1, 0.15) is 49.0 Å². The number of aromatic nitrogens is 4. The lowest BCUT2D eigenvalue weighted by atomic mass is 9.95. The van der Waals surface area contributed by atoms with Crippen LogP contribution >= 0.6 is 0 Å². The van der Waals surface area contributed by atoms with Crippen molar-refractivity contribution >= 4 is 17.4 Å². The highest BCUT2D eigenvalue weighted by Crippen LogP contribution is 2.46. The number of hydrogen-bond donors (Lipinski definition) is 0. The normalized spacial score (nSPS) is 20.0. The van der Waals surface area contributed by atoms with Gasteiger partial charge in [-0.05, 0) is 29.7 Å². The molecular formula is C25H30N6O2. The summed E-state index contributed by atoms with van der Waals surface area (Å²) < 4.78 is 9.51. The minimum Gasteiger partial charge on any atom is -0.377 e. The van der Waals surface area contributed by atoms with Gasteiger partial charge in [0.25, 0.3) is 0 Å². The zero-order chi connectivity index (χ0) is 22.7. The summed E-state index contributed by atoms with van der Waals surface area (Å²) in [7, 11) is 1.95. The summed E-state index contributed by atoms with van der Waals surface area (Å²) in [5, 5.41) is 9.49. The van der Waals surface area contributed by atoms with Gasteiger partial charge in [-0.3, -0.25) is 14.2 Å². The largest absolute Gasteiger partial charge is 0.377 e. The molecular weight excluding hydrogens is 416 g/mol. The van der Waals surface area contributed by atoms with Crippen LogP contribution < -0.4 is 4.90 Å². The second-order valence-corrected chi connectivity index (χ2v) is 9.47. The highest BCUT2D eigenvalue weighted by molar-refractivity contribution is 5.77. The first-order valence-electron chi connectivity index (χ1n) is 11.9. The molecule has 1 fully saturated rings. The minimum atomic E-state index is 0.126. The number of fused-ring (bicyclic) bond motifs is 2. The van der Waals surface area contributed by atoms with Gasteiger partial charge in [-0.2, -0.15) is 10.2 Å². The summed E-state index contributed by atoms with van der Waals surface area (Å²) in [5.41, 5.74) is 7.40. The highest BCUT2D eigenvalue weighted by atomic mass is 16.5. The van der Waals surface area contributed by atoms with E-state index in [0.29, 0.717) is 31.7 Å². The molecule has 33 heavy (non-hydrogen) atoms. The molecule has 8 nitrogen and oxygen atoms in total. The number of ether oxygens (including phenoxy) is 1. The van der Waals surface area contributed by atoms with E-state index in [-0.39, 0.29) is 5.91 Å². The first-order valence-corrected chi connectivity index (χ1v) is 11.9. The van der Waals surface area contributed by atoms with E-state index < -0.39 is 0 Å². The summed E-state index contributed by atoms with van der Waals surface area (Å²) in [6.07, 6.45) is 5.89. The van der Waals surface area contributed by atoms with Crippen molar-refractivity contribution in [2.45, 2.75) is 45.2 Å². The SMILES string of the molecule is CC[C@H]1CN(c2nn(C3COC3)c3c2CN(C(C)=O)CC3)c2ccc(-c3cnn(C)c3)cc21. The van der Waals surface area contributed by atoms with Gasteiger partial charge in [0.1, 0.15) is 0 Å². The molecule has 3 aliphatic rings. The summed E-state index contributed by atoms with van der Waals surface area (Å²) in [5.74, 6) is 1.58. The third-order valence-corrected chi connectivity index (χ3v) is 7.42. The zero-order valence-corrected chi connectivity index (χ0v) is 19.5. The average molecular weight is 447 g/mol. The molecule has 2 aromatic heterocycles. The van der Waals surface area contributed by atoms with Gasteiger partial charge >= 0.3 is 0 Å². The first kappa shape index (κ1) is 20.5. The Labute approximate surface area is 193 Å². The Morgan fingerprint density at radius 3 is 2.76 bits per heavy atom. The quantitative estimate of drug-likeness (QED) is 0.614. The summed E-state index contributed by atoms with van der Waals surface area (Å²) >= 11 is 0. The van der Waals surface area contributed by atoms with Crippen molar-refractivity contribution < 1.29 is 9.53 Å². The standard InChI is InChI=1S/C25H30N6O2/c1-4-17-12-30(23-6-5-18(9-21(17)23)19-10-26-28(3)11-19)25-22-13-29(16(2)32)8-7-24(22)31(27-25)20-14-33-15-20/h5-6,9-11,17,20H,4,7-8,12-15H2,1-3H3/t17-/m0/s1. The Bertz CT molecular complexity index is 1220. The topological polar surface area (TPSA) is 68.4 Å². The molecule has 0 radical (unpaired) electrons. The lowest BCUT2D eigenvalue weighted by Gasteiger charge is -2.31. The summed E-state index contributed by atoms with van der Waals surface area (Å²) in [6, 6.07) is 7.04. The second-order valence-electron chi connectivity index (χ2n) is 9.47. The molecule has 1 saturated heterocycles. The molecule has 0 spiro atoms. The molecule has 5 heterocycles. The van der Waals surface area contributed by atoms with Crippen molar-refractivity contribution in [3.05, 3.63) is 47.4 Å². The van der Waals surface area contributed by atoms with Crippen LogP contribution in [0.15, 0.2) is 30.6 Å². The van der Waals surface area contributed by atoms with Crippen molar-refractivity contribution in [1.29, 1.82) is 0 Å².